The van der Waals surface area contributed by atoms with E-state index in [0.717, 1.165) is 26.2 Å². The minimum atomic E-state index is 0.375. The van der Waals surface area contributed by atoms with Crippen LogP contribution in [0.1, 0.15) is 79.1 Å². The van der Waals surface area contributed by atoms with Gasteiger partial charge in [0, 0.05) is 39.3 Å². The lowest BCUT2D eigenvalue weighted by atomic mass is 10.0. The number of ether oxygens (including phenoxy) is 2. The summed E-state index contributed by atoms with van der Waals surface area (Å²) in [7, 11) is 2.28. The Balaban J connectivity index is 2.69. The van der Waals surface area contributed by atoms with Gasteiger partial charge in [0.1, 0.15) is 0 Å². The smallest absolute Gasteiger partial charge is 0.0702 e. The van der Waals surface area contributed by atoms with Crippen LogP contribution in [-0.2, 0) is 9.47 Å². The van der Waals surface area contributed by atoms with Crippen molar-refractivity contribution in [2.75, 3.05) is 39.9 Å². The van der Waals surface area contributed by atoms with Crippen molar-refractivity contribution in [1.82, 2.24) is 9.80 Å². The van der Waals surface area contributed by atoms with Crippen LogP contribution in [0, 0.1) is 0 Å². The second kappa shape index (κ2) is 14.0. The zero-order valence-electron chi connectivity index (χ0n) is 17.6. The maximum Gasteiger partial charge on any atom is 0.0702 e. The maximum atomic E-state index is 6.08. The summed E-state index contributed by atoms with van der Waals surface area (Å²) in [6.07, 6.45) is 11.0. The van der Waals surface area contributed by atoms with Gasteiger partial charge in [0.15, 0.2) is 0 Å². The van der Waals surface area contributed by atoms with Crippen LogP contribution in [0.25, 0.3) is 0 Å². The molecule has 1 rings (SSSR count). The van der Waals surface area contributed by atoms with Crippen LogP contribution in [0.4, 0.5) is 0 Å². The van der Waals surface area contributed by atoms with E-state index in [-0.39, 0.29) is 0 Å². The molecule has 4 heteroatoms. The highest BCUT2D eigenvalue weighted by molar-refractivity contribution is 4.82. The molecule has 25 heavy (non-hydrogen) atoms. The van der Waals surface area contributed by atoms with Crippen molar-refractivity contribution in [3.05, 3.63) is 0 Å². The van der Waals surface area contributed by atoms with Crippen LogP contribution < -0.4 is 0 Å². The minimum Gasteiger partial charge on any atom is -0.378 e. The van der Waals surface area contributed by atoms with Crippen molar-refractivity contribution in [1.29, 1.82) is 0 Å². The van der Waals surface area contributed by atoms with Gasteiger partial charge in [-0.2, -0.15) is 0 Å². The Morgan fingerprint density at radius 1 is 0.880 bits per heavy atom. The fourth-order valence-corrected chi connectivity index (χ4v) is 3.97. The second-order valence-corrected chi connectivity index (χ2v) is 7.48. The van der Waals surface area contributed by atoms with Gasteiger partial charge in [-0.1, -0.05) is 39.5 Å². The predicted molar refractivity (Wildman–Crippen MR) is 107 cm³/mol. The van der Waals surface area contributed by atoms with Gasteiger partial charge in [0.25, 0.3) is 0 Å². The molecule has 1 saturated heterocycles. The van der Waals surface area contributed by atoms with Crippen LogP contribution in [0.15, 0.2) is 0 Å². The predicted octanol–water partition coefficient (Wildman–Crippen LogP) is 4.53. The van der Waals surface area contributed by atoms with Gasteiger partial charge in [-0.05, 0) is 40.2 Å². The molecule has 3 unspecified atom stereocenters. The molecule has 1 heterocycles. The van der Waals surface area contributed by atoms with Gasteiger partial charge in [-0.15, -0.1) is 0 Å². The monoisotopic (exact) mass is 356 g/mol. The van der Waals surface area contributed by atoms with Crippen molar-refractivity contribution in [2.45, 2.75) is 97.4 Å². The summed E-state index contributed by atoms with van der Waals surface area (Å²) in [6.45, 7) is 13.9. The fourth-order valence-electron chi connectivity index (χ4n) is 3.97. The molecule has 4 nitrogen and oxygen atoms in total. The van der Waals surface area contributed by atoms with Gasteiger partial charge >= 0.3 is 0 Å². The molecule has 0 spiro atoms. The highest BCUT2D eigenvalue weighted by atomic mass is 16.5. The molecule has 0 aromatic carbocycles. The Kier molecular flexibility index (Phi) is 12.8. The average molecular weight is 357 g/mol. The van der Waals surface area contributed by atoms with Crippen LogP contribution in [0.2, 0.25) is 0 Å². The van der Waals surface area contributed by atoms with Gasteiger partial charge in [0.05, 0.1) is 18.4 Å². The number of unbranched alkanes of at least 4 members (excludes halogenated alkanes) is 2. The van der Waals surface area contributed by atoms with Gasteiger partial charge in [-0.3, -0.25) is 9.80 Å². The van der Waals surface area contributed by atoms with E-state index in [1.807, 2.05) is 0 Å². The molecular formula is C21H44N2O2. The molecule has 0 aromatic rings. The average Bonchev–Trinajstić information content (AvgIpc) is 2.60. The molecule has 1 aliphatic heterocycles. The fraction of sp³-hybridized carbons (Fsp3) is 1.00. The minimum absolute atomic E-state index is 0.375. The quantitative estimate of drug-likeness (QED) is 0.456. The van der Waals surface area contributed by atoms with Crippen LogP contribution in [0.5, 0.6) is 0 Å². The van der Waals surface area contributed by atoms with Crippen molar-refractivity contribution in [2.24, 2.45) is 0 Å². The second-order valence-electron chi connectivity index (χ2n) is 7.48. The molecule has 0 aromatic heterocycles. The molecule has 0 saturated carbocycles. The Labute approximate surface area is 157 Å². The largest absolute Gasteiger partial charge is 0.378 e. The Morgan fingerprint density at radius 2 is 1.48 bits per heavy atom. The summed E-state index contributed by atoms with van der Waals surface area (Å²) >= 11 is 0. The molecule has 0 bridgehead atoms. The van der Waals surface area contributed by atoms with E-state index in [2.05, 4.69) is 44.5 Å². The number of hydrogen-bond donors (Lipinski definition) is 0. The van der Waals surface area contributed by atoms with E-state index in [0.29, 0.717) is 18.4 Å². The normalized spacial score (nSPS) is 22.2. The van der Waals surface area contributed by atoms with Crippen LogP contribution >= 0.6 is 0 Å². The SMILES string of the molecule is CCCCC(CC1N(C)CCCN1CC(CCCC)OCC)OCC. The topological polar surface area (TPSA) is 24.9 Å². The summed E-state index contributed by atoms with van der Waals surface area (Å²) in [4.78, 5) is 5.20. The van der Waals surface area contributed by atoms with Crippen LogP contribution in [0.3, 0.4) is 0 Å². The van der Waals surface area contributed by atoms with Crippen molar-refractivity contribution in [3.8, 4) is 0 Å². The van der Waals surface area contributed by atoms with Crippen molar-refractivity contribution < 1.29 is 9.47 Å². The van der Waals surface area contributed by atoms with Gasteiger partial charge in [0.2, 0.25) is 0 Å². The van der Waals surface area contributed by atoms with Gasteiger partial charge < -0.3 is 9.47 Å². The number of nitrogens with zero attached hydrogens (tertiary/aromatic N) is 2. The van der Waals surface area contributed by atoms with E-state index in [9.17, 15) is 0 Å². The van der Waals surface area contributed by atoms with Crippen LogP contribution in [-0.4, -0.2) is 68.1 Å². The van der Waals surface area contributed by atoms with Gasteiger partial charge in [-0.25, -0.2) is 0 Å². The lowest BCUT2D eigenvalue weighted by Gasteiger charge is -2.44. The Morgan fingerprint density at radius 3 is 2.08 bits per heavy atom. The Hall–Kier alpha value is -0.160. The third-order valence-electron chi connectivity index (χ3n) is 5.36. The first-order chi connectivity index (χ1) is 12.2. The number of hydrogen-bond acceptors (Lipinski definition) is 4. The zero-order chi connectivity index (χ0) is 18.5. The summed E-state index contributed by atoms with van der Waals surface area (Å²) < 4.78 is 12.1. The number of rotatable bonds is 14. The zero-order valence-corrected chi connectivity index (χ0v) is 17.6. The van der Waals surface area contributed by atoms with E-state index < -0.39 is 0 Å². The van der Waals surface area contributed by atoms with Crippen molar-refractivity contribution >= 4 is 0 Å². The Bertz CT molecular complexity index is 314. The lowest BCUT2D eigenvalue weighted by Crippen LogP contribution is -2.55. The summed E-state index contributed by atoms with van der Waals surface area (Å²) in [6, 6.07) is 0. The van der Waals surface area contributed by atoms with E-state index in [1.165, 1.54) is 58.0 Å². The summed E-state index contributed by atoms with van der Waals surface area (Å²) in [5.74, 6) is 0. The van der Waals surface area contributed by atoms with E-state index in [4.69, 9.17) is 9.47 Å². The maximum absolute atomic E-state index is 6.08. The third-order valence-corrected chi connectivity index (χ3v) is 5.36. The lowest BCUT2D eigenvalue weighted by molar-refractivity contribution is -0.0605. The van der Waals surface area contributed by atoms with Crippen molar-refractivity contribution in [3.63, 3.8) is 0 Å². The molecule has 0 aliphatic carbocycles. The van der Waals surface area contributed by atoms with E-state index >= 15 is 0 Å². The first-order valence-electron chi connectivity index (χ1n) is 10.8. The molecule has 3 atom stereocenters. The van der Waals surface area contributed by atoms with E-state index in [1.54, 1.807) is 0 Å². The molecule has 0 N–H and O–H groups in total. The molecule has 150 valence electrons. The third kappa shape index (κ3) is 8.85. The molecule has 0 amide bonds. The first-order valence-corrected chi connectivity index (χ1v) is 10.8. The molecule has 0 radical (unpaired) electrons. The highest BCUT2D eigenvalue weighted by Gasteiger charge is 2.30. The molecule has 1 fully saturated rings. The molecular weight excluding hydrogens is 312 g/mol. The summed E-state index contributed by atoms with van der Waals surface area (Å²) in [5.41, 5.74) is 0. The standard InChI is InChI=1S/C21H44N2O2/c1-6-10-13-19(24-8-3)17-21-22(5)15-12-16-23(21)18-20(25-9-4)14-11-7-2/h19-21H,6-18H2,1-5H3. The molecule has 1 aliphatic rings. The highest BCUT2D eigenvalue weighted by Crippen LogP contribution is 2.22. The summed E-state index contributed by atoms with van der Waals surface area (Å²) in [5, 5.41) is 0. The first kappa shape index (κ1) is 22.9.